The zero-order valence-corrected chi connectivity index (χ0v) is 18.2. The molecule has 168 valence electrons. The first-order valence-corrected chi connectivity index (χ1v) is 10.1. The Morgan fingerprint density at radius 3 is 2.66 bits per heavy atom. The van der Waals surface area contributed by atoms with Crippen molar-refractivity contribution in [3.05, 3.63) is 46.8 Å². The van der Waals surface area contributed by atoms with Crippen LogP contribution in [0.1, 0.15) is 23.1 Å². The second kappa shape index (κ2) is 9.27. The highest BCUT2D eigenvalue weighted by Crippen LogP contribution is 2.52. The van der Waals surface area contributed by atoms with Crippen molar-refractivity contribution in [2.24, 2.45) is 16.0 Å². The van der Waals surface area contributed by atoms with E-state index in [0.29, 0.717) is 41.4 Å². The van der Waals surface area contributed by atoms with Crippen LogP contribution in [0.5, 0.6) is 23.0 Å². The Balaban J connectivity index is 1.67. The molecule has 0 bridgehead atoms. The first kappa shape index (κ1) is 21.6. The fourth-order valence-electron chi connectivity index (χ4n) is 3.63. The van der Waals surface area contributed by atoms with E-state index in [1.54, 1.807) is 12.1 Å². The molecular formula is C21H21FN4O5S. The molecule has 0 amide bonds. The van der Waals surface area contributed by atoms with Crippen LogP contribution in [-0.4, -0.2) is 44.2 Å². The molecule has 0 fully saturated rings. The summed E-state index contributed by atoms with van der Waals surface area (Å²) >= 11 is 4.81. The van der Waals surface area contributed by atoms with Gasteiger partial charge in [0.05, 0.1) is 26.1 Å². The summed E-state index contributed by atoms with van der Waals surface area (Å²) in [6.45, 7) is 0.0274. The number of nitrogens with zero attached hydrogens (tertiary/aromatic N) is 2. The Labute approximate surface area is 188 Å². The molecule has 0 radical (unpaired) electrons. The number of thiocarbonyl (C=S) groups is 1. The maximum absolute atomic E-state index is 13.2. The van der Waals surface area contributed by atoms with E-state index in [9.17, 15) is 4.39 Å². The molecule has 3 N–H and O–H groups in total. The Morgan fingerprint density at radius 1 is 1.25 bits per heavy atom. The van der Waals surface area contributed by atoms with E-state index >= 15 is 0 Å². The number of nitrogens with one attached hydrogen (secondary N) is 1. The first-order chi connectivity index (χ1) is 15.5. The molecule has 4 rings (SSSR count). The lowest BCUT2D eigenvalue weighted by Gasteiger charge is -2.19. The van der Waals surface area contributed by atoms with E-state index in [1.165, 1.54) is 32.6 Å². The molecule has 32 heavy (non-hydrogen) atoms. The van der Waals surface area contributed by atoms with Gasteiger partial charge in [-0.05, 0) is 29.9 Å². The van der Waals surface area contributed by atoms with Gasteiger partial charge in [-0.25, -0.2) is 4.39 Å². The second-order valence-corrected chi connectivity index (χ2v) is 7.38. The van der Waals surface area contributed by atoms with Crippen molar-refractivity contribution in [1.82, 2.24) is 5.43 Å². The smallest absolute Gasteiger partial charge is 0.231 e. The number of methoxy groups -OCH3 is 2. The van der Waals surface area contributed by atoms with E-state index in [0.717, 1.165) is 16.8 Å². The van der Waals surface area contributed by atoms with E-state index < -0.39 is 0 Å². The predicted octanol–water partition coefficient (Wildman–Crippen LogP) is 2.47. The molecular weight excluding hydrogens is 439 g/mol. The van der Waals surface area contributed by atoms with Crippen molar-refractivity contribution in [2.45, 2.75) is 18.9 Å². The zero-order chi connectivity index (χ0) is 22.7. The van der Waals surface area contributed by atoms with Crippen LogP contribution in [-0.2, 0) is 11.3 Å². The standard InChI is InChI=1S/C21H21FN4O5S/c1-27-17-14(7-13-8-16(26-31-13)11-3-5-12(22)6-4-11)15(9-24-25-21(23)32)18-20(19(17)28-2)30-10-29-18/h3-6,9,13H,7-8,10H2,1-2H3,(H3,23,25,32)/b24-9-/t13-/m0/s1. The molecule has 2 heterocycles. The highest BCUT2D eigenvalue weighted by atomic mass is 32.1. The van der Waals surface area contributed by atoms with Crippen LogP contribution in [0, 0.1) is 5.82 Å². The lowest BCUT2D eigenvalue weighted by molar-refractivity contribution is 0.0853. The number of halogens is 1. The number of nitrogens with two attached hydrogens (primary N) is 1. The van der Waals surface area contributed by atoms with E-state index in [4.69, 9.17) is 41.7 Å². The molecule has 1 atom stereocenters. The van der Waals surface area contributed by atoms with Gasteiger partial charge < -0.3 is 29.5 Å². The quantitative estimate of drug-likeness (QED) is 0.369. The molecule has 11 heteroatoms. The van der Waals surface area contributed by atoms with Gasteiger partial charge in [-0.15, -0.1) is 0 Å². The highest BCUT2D eigenvalue weighted by Gasteiger charge is 2.33. The van der Waals surface area contributed by atoms with Crippen molar-refractivity contribution < 1.29 is 28.2 Å². The Kier molecular flexibility index (Phi) is 6.26. The third kappa shape index (κ3) is 4.24. The van der Waals surface area contributed by atoms with Gasteiger partial charge in [-0.2, -0.15) is 5.10 Å². The number of oxime groups is 1. The molecule has 0 spiro atoms. The van der Waals surface area contributed by atoms with Crippen molar-refractivity contribution in [2.75, 3.05) is 21.0 Å². The lowest BCUT2D eigenvalue weighted by Crippen LogP contribution is -2.24. The molecule has 0 saturated heterocycles. The number of fused-ring (bicyclic) bond motifs is 1. The van der Waals surface area contributed by atoms with Crippen LogP contribution in [0.4, 0.5) is 4.39 Å². The lowest BCUT2D eigenvalue weighted by atomic mass is 9.95. The average molecular weight is 460 g/mol. The summed E-state index contributed by atoms with van der Waals surface area (Å²) in [4.78, 5) is 5.67. The Bertz CT molecular complexity index is 1090. The zero-order valence-electron chi connectivity index (χ0n) is 17.4. The van der Waals surface area contributed by atoms with Crippen molar-refractivity contribution >= 4 is 29.3 Å². The number of rotatable bonds is 7. The van der Waals surface area contributed by atoms with Crippen molar-refractivity contribution in [1.29, 1.82) is 0 Å². The Morgan fingerprint density at radius 2 is 1.97 bits per heavy atom. The Hall–Kier alpha value is -3.60. The maximum atomic E-state index is 13.2. The van der Waals surface area contributed by atoms with Crippen LogP contribution in [0.2, 0.25) is 0 Å². The van der Waals surface area contributed by atoms with Gasteiger partial charge in [-0.3, -0.25) is 5.43 Å². The number of hydrogen-bond acceptors (Lipinski definition) is 8. The van der Waals surface area contributed by atoms with Gasteiger partial charge in [0.25, 0.3) is 0 Å². The third-order valence-corrected chi connectivity index (χ3v) is 5.08. The highest BCUT2D eigenvalue weighted by molar-refractivity contribution is 7.80. The minimum atomic E-state index is -0.309. The van der Waals surface area contributed by atoms with E-state index in [2.05, 4.69) is 15.7 Å². The molecule has 2 aromatic carbocycles. The number of benzene rings is 2. The summed E-state index contributed by atoms with van der Waals surface area (Å²) in [7, 11) is 3.06. The molecule has 9 nitrogen and oxygen atoms in total. The van der Waals surface area contributed by atoms with Gasteiger partial charge in [-0.1, -0.05) is 17.3 Å². The molecule has 0 aliphatic carbocycles. The van der Waals surface area contributed by atoms with Gasteiger partial charge in [0, 0.05) is 24.0 Å². The normalized spacial score (nSPS) is 16.6. The first-order valence-electron chi connectivity index (χ1n) is 9.65. The van der Waals surface area contributed by atoms with Crippen LogP contribution in [0.25, 0.3) is 0 Å². The molecule has 2 aromatic rings. The minimum absolute atomic E-state index is 0.0218. The van der Waals surface area contributed by atoms with Crippen LogP contribution >= 0.6 is 12.2 Å². The van der Waals surface area contributed by atoms with Crippen molar-refractivity contribution in [3.63, 3.8) is 0 Å². The molecule has 0 saturated carbocycles. The topological polar surface area (TPSA) is 109 Å². The SMILES string of the molecule is COc1c(C[C@H]2CC(c3ccc(F)cc3)=NO2)c(/C=N\NC(N)=S)c2c(c1OC)OCO2. The van der Waals surface area contributed by atoms with Gasteiger partial charge in [0.15, 0.2) is 16.6 Å². The fourth-order valence-corrected chi connectivity index (χ4v) is 3.68. The van der Waals surface area contributed by atoms with Crippen LogP contribution in [0.15, 0.2) is 34.5 Å². The average Bonchev–Trinajstić information content (AvgIpc) is 3.44. The number of ether oxygens (including phenoxy) is 4. The molecule has 0 unspecified atom stereocenters. The fraction of sp³-hybridized carbons (Fsp3) is 0.286. The van der Waals surface area contributed by atoms with Crippen molar-refractivity contribution in [3.8, 4) is 23.0 Å². The summed E-state index contributed by atoms with van der Waals surface area (Å²) in [5.74, 6) is 1.44. The summed E-state index contributed by atoms with van der Waals surface area (Å²) in [5.41, 5.74) is 10.9. The van der Waals surface area contributed by atoms with Crippen LogP contribution in [0.3, 0.4) is 0 Å². The van der Waals surface area contributed by atoms with Gasteiger partial charge in [0.1, 0.15) is 11.9 Å². The van der Waals surface area contributed by atoms with Gasteiger partial charge in [0.2, 0.25) is 18.3 Å². The van der Waals surface area contributed by atoms with E-state index in [-0.39, 0.29) is 23.8 Å². The molecule has 2 aliphatic heterocycles. The summed E-state index contributed by atoms with van der Waals surface area (Å²) in [6, 6.07) is 6.12. The largest absolute Gasteiger partial charge is 0.492 e. The maximum Gasteiger partial charge on any atom is 0.231 e. The number of hydrogen-bond donors (Lipinski definition) is 2. The number of hydrazone groups is 1. The van der Waals surface area contributed by atoms with E-state index in [1.807, 2.05) is 0 Å². The molecule has 2 aliphatic rings. The summed E-state index contributed by atoms with van der Waals surface area (Å²) in [5, 5.41) is 8.28. The minimum Gasteiger partial charge on any atom is -0.492 e. The monoisotopic (exact) mass is 460 g/mol. The predicted molar refractivity (Wildman–Crippen MR) is 119 cm³/mol. The summed E-state index contributed by atoms with van der Waals surface area (Å²) < 4.78 is 35.7. The molecule has 0 aromatic heterocycles. The van der Waals surface area contributed by atoms with Crippen LogP contribution < -0.4 is 30.1 Å². The summed E-state index contributed by atoms with van der Waals surface area (Å²) in [6.07, 6.45) is 2.15. The van der Waals surface area contributed by atoms with Gasteiger partial charge >= 0.3 is 0 Å². The third-order valence-electron chi connectivity index (χ3n) is 4.99. The second-order valence-electron chi connectivity index (χ2n) is 6.94.